The summed E-state index contributed by atoms with van der Waals surface area (Å²) < 4.78 is 23.3. The Balaban J connectivity index is 1.53. The molecule has 1 aromatic carbocycles. The normalized spacial score (nSPS) is 20.7. The van der Waals surface area contributed by atoms with Crippen LogP contribution in [0, 0.1) is 17.7 Å². The van der Waals surface area contributed by atoms with Crippen LogP contribution in [0.5, 0.6) is 0 Å². The summed E-state index contributed by atoms with van der Waals surface area (Å²) in [5.74, 6) is 0.484. The molecule has 3 heterocycles. The molecule has 1 fully saturated rings. The summed E-state index contributed by atoms with van der Waals surface area (Å²) in [4.78, 5) is 35.7. The Hall–Kier alpha value is -3.53. The summed E-state index contributed by atoms with van der Waals surface area (Å²) in [6.45, 7) is 5.36. The van der Waals surface area contributed by atoms with Crippen LogP contribution in [0.1, 0.15) is 73.9 Å². The van der Waals surface area contributed by atoms with Crippen molar-refractivity contribution in [3.8, 4) is 0 Å². The molecular weight excluding hydrogens is 499 g/mol. The zero-order chi connectivity index (χ0) is 27.7. The van der Waals surface area contributed by atoms with Gasteiger partial charge in [-0.25, -0.2) is 9.37 Å². The lowest BCUT2D eigenvalue weighted by atomic mass is 9.79. The van der Waals surface area contributed by atoms with Gasteiger partial charge in [0.05, 0.1) is 24.8 Å². The maximum Gasteiger partial charge on any atom is 0.270 e. The second-order valence-corrected chi connectivity index (χ2v) is 10.9. The van der Waals surface area contributed by atoms with E-state index in [1.165, 1.54) is 4.90 Å². The first-order chi connectivity index (χ1) is 18.8. The lowest BCUT2D eigenvalue weighted by Crippen LogP contribution is -2.36. The number of hydrogen-bond donors (Lipinski definition) is 2. The van der Waals surface area contributed by atoms with Crippen LogP contribution in [0.4, 0.5) is 4.39 Å². The molecule has 2 aliphatic rings. The number of likely N-dealkylation sites (N-methyl/N-ethyl adjacent to an activating group) is 1. The van der Waals surface area contributed by atoms with E-state index >= 15 is 4.39 Å². The third-order valence-electron chi connectivity index (χ3n) is 8.07. The number of carbonyl (C=O) groups excluding carboxylic acids is 2. The first-order valence-corrected chi connectivity index (χ1v) is 13.8. The number of nitrogens with zero attached hydrogens (tertiary/aromatic N) is 4. The highest BCUT2D eigenvalue weighted by Crippen LogP contribution is 2.38. The smallest absolute Gasteiger partial charge is 0.270 e. The predicted octanol–water partition coefficient (Wildman–Crippen LogP) is 4.48. The van der Waals surface area contributed by atoms with Gasteiger partial charge in [0.15, 0.2) is 5.82 Å². The van der Waals surface area contributed by atoms with Crippen LogP contribution >= 0.6 is 0 Å². The number of aromatic nitrogens is 4. The number of carbonyl (C=O) groups is 2. The Morgan fingerprint density at radius 2 is 2.00 bits per heavy atom. The molecule has 9 nitrogen and oxygen atoms in total. The van der Waals surface area contributed by atoms with E-state index in [9.17, 15) is 9.59 Å². The number of halogens is 1. The third-order valence-corrected chi connectivity index (χ3v) is 8.07. The number of hydrogen-bond acceptors (Lipinski definition) is 5. The van der Waals surface area contributed by atoms with E-state index in [-0.39, 0.29) is 29.9 Å². The molecule has 1 aliphatic carbocycles. The molecule has 10 heteroatoms. The third kappa shape index (κ3) is 5.34. The Kier molecular flexibility index (Phi) is 7.83. The maximum absolute atomic E-state index is 16.1. The average molecular weight is 537 g/mol. The minimum atomic E-state index is -0.494. The van der Waals surface area contributed by atoms with Crippen molar-refractivity contribution in [2.75, 3.05) is 27.3 Å². The van der Waals surface area contributed by atoms with Crippen molar-refractivity contribution in [1.82, 2.24) is 30.0 Å². The average Bonchev–Trinajstić information content (AvgIpc) is 3.60. The fraction of sp³-hybridized carbons (Fsp3) is 0.517. The predicted molar refractivity (Wildman–Crippen MR) is 146 cm³/mol. The lowest BCUT2D eigenvalue weighted by Gasteiger charge is -2.32. The zero-order valence-corrected chi connectivity index (χ0v) is 23.1. The number of nitrogens with one attached hydrogen (secondary N) is 2. The van der Waals surface area contributed by atoms with Gasteiger partial charge in [0.1, 0.15) is 17.0 Å². The molecule has 39 heavy (non-hydrogen) atoms. The molecule has 2 aromatic heterocycles. The molecule has 0 radical (unpaired) electrons. The van der Waals surface area contributed by atoms with Crippen LogP contribution in [0.15, 0.2) is 30.0 Å². The number of fused-ring (bicyclic) bond motifs is 1. The first-order valence-electron chi connectivity index (χ1n) is 13.8. The number of imidazole rings is 1. The van der Waals surface area contributed by atoms with Gasteiger partial charge >= 0.3 is 0 Å². The van der Waals surface area contributed by atoms with Crippen molar-refractivity contribution in [3.05, 3.63) is 52.9 Å². The van der Waals surface area contributed by atoms with Crippen LogP contribution in [0.3, 0.4) is 0 Å². The zero-order valence-electron chi connectivity index (χ0n) is 23.1. The fourth-order valence-corrected chi connectivity index (χ4v) is 5.80. The van der Waals surface area contributed by atoms with Crippen molar-refractivity contribution in [2.24, 2.45) is 11.8 Å². The Labute approximate surface area is 227 Å². The van der Waals surface area contributed by atoms with Crippen molar-refractivity contribution in [2.45, 2.75) is 58.5 Å². The Morgan fingerprint density at radius 3 is 2.72 bits per heavy atom. The van der Waals surface area contributed by atoms with Crippen molar-refractivity contribution in [3.63, 3.8) is 0 Å². The van der Waals surface area contributed by atoms with E-state index in [0.717, 1.165) is 25.7 Å². The fourth-order valence-electron chi connectivity index (χ4n) is 5.80. The van der Waals surface area contributed by atoms with Gasteiger partial charge in [-0.05, 0) is 55.4 Å². The molecule has 2 amide bonds. The molecule has 208 valence electrons. The molecule has 0 saturated heterocycles. The first kappa shape index (κ1) is 27.1. The molecule has 0 bridgehead atoms. The molecular formula is C29H37FN6O3. The molecule has 1 aliphatic heterocycles. The summed E-state index contributed by atoms with van der Waals surface area (Å²) in [6, 6.07) is 4.78. The number of ether oxygens (including phenoxy) is 1. The van der Waals surface area contributed by atoms with Gasteiger partial charge < -0.3 is 19.9 Å². The van der Waals surface area contributed by atoms with Crippen LogP contribution < -0.4 is 5.32 Å². The molecule has 2 N–H and O–H groups in total. The van der Waals surface area contributed by atoms with Gasteiger partial charge in [0.2, 0.25) is 5.91 Å². The summed E-state index contributed by atoms with van der Waals surface area (Å²) in [7, 11) is 3.38. The van der Waals surface area contributed by atoms with E-state index in [2.05, 4.69) is 22.3 Å². The van der Waals surface area contributed by atoms with Crippen LogP contribution in [0.25, 0.3) is 16.6 Å². The van der Waals surface area contributed by atoms with Gasteiger partial charge in [-0.1, -0.05) is 19.8 Å². The Bertz CT molecular complexity index is 1400. The molecule has 3 aromatic rings. The summed E-state index contributed by atoms with van der Waals surface area (Å²) in [5.41, 5.74) is 2.67. The topological polar surface area (TPSA) is 105 Å². The molecule has 0 unspecified atom stereocenters. The summed E-state index contributed by atoms with van der Waals surface area (Å²) >= 11 is 0. The van der Waals surface area contributed by atoms with E-state index in [0.29, 0.717) is 59.2 Å². The van der Waals surface area contributed by atoms with Gasteiger partial charge in [-0.3, -0.25) is 14.3 Å². The van der Waals surface area contributed by atoms with Gasteiger partial charge in [0.25, 0.3) is 5.91 Å². The van der Waals surface area contributed by atoms with E-state index in [1.54, 1.807) is 43.2 Å². The highest BCUT2D eigenvalue weighted by Gasteiger charge is 2.32. The van der Waals surface area contributed by atoms with Gasteiger partial charge in [0, 0.05) is 44.4 Å². The highest BCUT2D eigenvalue weighted by molar-refractivity contribution is 6.02. The molecule has 5 rings (SSSR count). The van der Waals surface area contributed by atoms with Crippen molar-refractivity contribution < 1.29 is 18.7 Å². The molecule has 1 saturated carbocycles. The number of amides is 2. The largest absolute Gasteiger partial charge is 0.376 e. The molecule has 0 spiro atoms. The van der Waals surface area contributed by atoms with Crippen molar-refractivity contribution in [1.29, 1.82) is 0 Å². The lowest BCUT2D eigenvalue weighted by molar-refractivity contribution is -0.125. The SMILES string of the molecule is CCn1nccc1C(=O)N[C@H](c1nc2c(F)c(C3=C(C(=O)N(C)C)CCOC3)ccc2[nH]1)C1CCC(C)CC1. The second kappa shape index (κ2) is 11.3. The number of rotatable bonds is 7. The number of benzene rings is 1. The second-order valence-electron chi connectivity index (χ2n) is 10.9. The van der Waals surface area contributed by atoms with Crippen molar-refractivity contribution >= 4 is 28.4 Å². The summed E-state index contributed by atoms with van der Waals surface area (Å²) in [6.07, 6.45) is 6.08. The van der Waals surface area contributed by atoms with E-state index < -0.39 is 11.9 Å². The van der Waals surface area contributed by atoms with E-state index in [4.69, 9.17) is 9.72 Å². The highest BCUT2D eigenvalue weighted by atomic mass is 19.1. The number of aryl methyl sites for hydroxylation is 1. The van der Waals surface area contributed by atoms with Gasteiger partial charge in [-0.2, -0.15) is 5.10 Å². The monoisotopic (exact) mass is 536 g/mol. The van der Waals surface area contributed by atoms with Gasteiger partial charge in [-0.15, -0.1) is 0 Å². The minimum Gasteiger partial charge on any atom is -0.376 e. The number of H-pyrrole nitrogens is 1. The Morgan fingerprint density at radius 1 is 1.23 bits per heavy atom. The van der Waals surface area contributed by atoms with Crippen LogP contribution in [0.2, 0.25) is 0 Å². The minimum absolute atomic E-state index is 0.142. The van der Waals surface area contributed by atoms with Crippen LogP contribution in [-0.2, 0) is 16.1 Å². The quantitative estimate of drug-likeness (QED) is 0.463. The maximum atomic E-state index is 16.1. The summed E-state index contributed by atoms with van der Waals surface area (Å²) in [5, 5.41) is 7.42. The van der Waals surface area contributed by atoms with Crippen LogP contribution in [-0.4, -0.2) is 63.8 Å². The van der Waals surface area contributed by atoms with E-state index in [1.807, 2.05) is 6.92 Å². The number of aromatic amines is 1. The standard InChI is InChI=1S/C29H37FN6O3/c1-5-36-23(12-14-31-36)28(37)34-25(18-8-6-17(2)7-9-18)27-32-22-11-10-19(24(30)26(22)33-27)21-16-39-15-13-20(21)29(38)35(3)4/h10-12,14,17-18,25H,5-9,13,15-16H2,1-4H3,(H,32,33)(H,34,37)/t17?,18?,25-/m0/s1. The molecule has 1 atom stereocenters.